The van der Waals surface area contributed by atoms with Crippen molar-refractivity contribution >= 4 is 11.6 Å². The van der Waals surface area contributed by atoms with Gasteiger partial charge in [-0.2, -0.15) is 0 Å². The lowest BCUT2D eigenvalue weighted by Gasteiger charge is -2.28. The van der Waals surface area contributed by atoms with E-state index in [-0.39, 0.29) is 36.4 Å². The van der Waals surface area contributed by atoms with Crippen LogP contribution in [0.5, 0.6) is 0 Å². The van der Waals surface area contributed by atoms with Crippen molar-refractivity contribution in [2.45, 2.75) is 31.7 Å². The summed E-state index contributed by atoms with van der Waals surface area (Å²) in [6.45, 7) is 0.204. The second kappa shape index (κ2) is 6.02. The number of hydrogen-bond acceptors (Lipinski definition) is 3. The van der Waals surface area contributed by atoms with Gasteiger partial charge in [0.15, 0.2) is 0 Å². The summed E-state index contributed by atoms with van der Waals surface area (Å²) in [5.41, 5.74) is 5.72. The van der Waals surface area contributed by atoms with E-state index in [0.29, 0.717) is 0 Å². The Kier molecular flexibility index (Phi) is 4.37. The number of nitrogen functional groups attached to an aromatic ring is 1. The minimum Gasteiger partial charge on any atom is -0.396 e. The Balaban J connectivity index is 2.20. The zero-order chi connectivity index (χ0) is 13.8. The van der Waals surface area contributed by atoms with Gasteiger partial charge in [-0.15, -0.1) is 0 Å². The van der Waals surface area contributed by atoms with Gasteiger partial charge in [0, 0.05) is 18.2 Å². The first-order valence-corrected chi connectivity index (χ1v) is 6.60. The van der Waals surface area contributed by atoms with E-state index < -0.39 is 5.82 Å². The third-order valence-corrected chi connectivity index (χ3v) is 3.61. The fourth-order valence-corrected chi connectivity index (χ4v) is 2.60. The maximum Gasteiger partial charge on any atom is 0.254 e. The molecule has 0 radical (unpaired) electrons. The molecule has 0 bridgehead atoms. The molecular weight excluding hydrogens is 247 g/mol. The number of benzene rings is 1. The number of hydrogen-bond donors (Lipinski definition) is 2. The van der Waals surface area contributed by atoms with E-state index in [2.05, 4.69) is 0 Å². The Morgan fingerprint density at radius 2 is 2.11 bits per heavy atom. The Hall–Kier alpha value is -1.62. The number of nitrogens with two attached hydrogens (primary N) is 1. The van der Waals surface area contributed by atoms with E-state index in [0.717, 1.165) is 31.7 Å². The van der Waals surface area contributed by atoms with E-state index >= 15 is 0 Å². The minimum absolute atomic E-state index is 0.0334. The smallest absolute Gasteiger partial charge is 0.254 e. The van der Waals surface area contributed by atoms with Crippen molar-refractivity contribution in [3.05, 3.63) is 29.6 Å². The largest absolute Gasteiger partial charge is 0.396 e. The van der Waals surface area contributed by atoms with Crippen LogP contribution in [0.2, 0.25) is 0 Å². The number of aliphatic hydroxyl groups excluding tert-OH is 1. The SMILES string of the molecule is Nc1ccc(C(=O)N(CCO)C2CCCC2)cc1F. The molecule has 2 rings (SSSR count). The van der Waals surface area contributed by atoms with Crippen molar-refractivity contribution in [2.24, 2.45) is 0 Å². The third-order valence-electron chi connectivity index (χ3n) is 3.61. The second-order valence-electron chi connectivity index (χ2n) is 4.90. The number of aliphatic hydroxyl groups is 1. The number of carbonyl (C=O) groups excluding carboxylic acids is 1. The van der Waals surface area contributed by atoms with Crippen LogP contribution in [0.15, 0.2) is 18.2 Å². The van der Waals surface area contributed by atoms with Gasteiger partial charge < -0.3 is 15.7 Å². The van der Waals surface area contributed by atoms with Crippen LogP contribution < -0.4 is 5.73 Å². The van der Waals surface area contributed by atoms with Gasteiger partial charge >= 0.3 is 0 Å². The van der Waals surface area contributed by atoms with Crippen LogP contribution in [-0.4, -0.2) is 35.1 Å². The number of nitrogens with zero attached hydrogens (tertiary/aromatic N) is 1. The summed E-state index contributed by atoms with van der Waals surface area (Å²) < 4.78 is 13.4. The van der Waals surface area contributed by atoms with Crippen molar-refractivity contribution < 1.29 is 14.3 Å². The number of amides is 1. The number of rotatable bonds is 4. The lowest BCUT2D eigenvalue weighted by atomic mass is 10.1. The molecule has 0 saturated heterocycles. The van der Waals surface area contributed by atoms with Gasteiger partial charge in [-0.25, -0.2) is 4.39 Å². The summed E-state index contributed by atoms with van der Waals surface area (Å²) in [6.07, 6.45) is 4.08. The Morgan fingerprint density at radius 1 is 1.42 bits per heavy atom. The Labute approximate surface area is 112 Å². The first kappa shape index (κ1) is 13.8. The van der Waals surface area contributed by atoms with Gasteiger partial charge in [-0.3, -0.25) is 4.79 Å². The second-order valence-corrected chi connectivity index (χ2v) is 4.90. The molecule has 104 valence electrons. The molecule has 1 aromatic rings. The standard InChI is InChI=1S/C14H19FN2O2/c15-12-9-10(5-6-13(12)16)14(19)17(7-8-18)11-3-1-2-4-11/h5-6,9,11,18H,1-4,7-8,16H2. The van der Waals surface area contributed by atoms with E-state index in [1.54, 1.807) is 4.90 Å². The van der Waals surface area contributed by atoms with Gasteiger partial charge in [0.1, 0.15) is 5.82 Å². The molecule has 1 fully saturated rings. The van der Waals surface area contributed by atoms with Crippen molar-refractivity contribution in [1.29, 1.82) is 0 Å². The van der Waals surface area contributed by atoms with Crippen LogP contribution in [-0.2, 0) is 0 Å². The van der Waals surface area contributed by atoms with Crippen molar-refractivity contribution in [3.8, 4) is 0 Å². The molecule has 0 atom stereocenters. The molecule has 1 saturated carbocycles. The highest BCUT2D eigenvalue weighted by Crippen LogP contribution is 2.25. The third kappa shape index (κ3) is 3.04. The van der Waals surface area contributed by atoms with Gasteiger partial charge in [0.2, 0.25) is 0 Å². The average molecular weight is 266 g/mol. The normalized spacial score (nSPS) is 15.7. The van der Waals surface area contributed by atoms with Crippen molar-refractivity contribution in [3.63, 3.8) is 0 Å². The highest BCUT2D eigenvalue weighted by molar-refractivity contribution is 5.94. The summed E-state index contributed by atoms with van der Waals surface area (Å²) in [6, 6.07) is 4.24. The highest BCUT2D eigenvalue weighted by Gasteiger charge is 2.27. The summed E-state index contributed by atoms with van der Waals surface area (Å²) in [5, 5.41) is 9.10. The molecule has 0 unspecified atom stereocenters. The molecule has 0 spiro atoms. The molecule has 1 aromatic carbocycles. The van der Waals surface area contributed by atoms with Crippen molar-refractivity contribution in [2.75, 3.05) is 18.9 Å². The summed E-state index contributed by atoms with van der Waals surface area (Å²) in [7, 11) is 0. The fraction of sp³-hybridized carbons (Fsp3) is 0.500. The van der Waals surface area contributed by atoms with E-state index in [9.17, 15) is 9.18 Å². The van der Waals surface area contributed by atoms with Crippen LogP contribution in [0.3, 0.4) is 0 Å². The number of halogens is 1. The first-order valence-electron chi connectivity index (χ1n) is 6.60. The predicted octanol–water partition coefficient (Wildman–Crippen LogP) is 1.78. The molecule has 0 aliphatic heterocycles. The summed E-state index contributed by atoms with van der Waals surface area (Å²) >= 11 is 0. The number of carbonyl (C=O) groups is 1. The quantitative estimate of drug-likeness (QED) is 0.816. The van der Waals surface area contributed by atoms with Crippen LogP contribution in [0.25, 0.3) is 0 Å². The van der Waals surface area contributed by atoms with Gasteiger partial charge in [0.05, 0.1) is 12.3 Å². The van der Waals surface area contributed by atoms with Crippen molar-refractivity contribution in [1.82, 2.24) is 4.90 Å². The topological polar surface area (TPSA) is 66.6 Å². The van der Waals surface area contributed by atoms with Crippen LogP contribution in [0, 0.1) is 5.82 Å². The monoisotopic (exact) mass is 266 g/mol. The lowest BCUT2D eigenvalue weighted by molar-refractivity contribution is 0.0637. The fourth-order valence-electron chi connectivity index (χ4n) is 2.60. The Morgan fingerprint density at radius 3 is 2.68 bits per heavy atom. The molecule has 1 aliphatic carbocycles. The van der Waals surface area contributed by atoms with E-state index in [4.69, 9.17) is 10.8 Å². The van der Waals surface area contributed by atoms with Crippen LogP contribution in [0.1, 0.15) is 36.0 Å². The lowest BCUT2D eigenvalue weighted by Crippen LogP contribution is -2.40. The van der Waals surface area contributed by atoms with Gasteiger partial charge in [0.25, 0.3) is 5.91 Å². The summed E-state index contributed by atoms with van der Waals surface area (Å²) in [4.78, 5) is 14.0. The number of anilines is 1. The maximum absolute atomic E-state index is 13.4. The zero-order valence-corrected chi connectivity index (χ0v) is 10.8. The van der Waals surface area contributed by atoms with Gasteiger partial charge in [-0.1, -0.05) is 12.8 Å². The maximum atomic E-state index is 13.4. The predicted molar refractivity (Wildman–Crippen MR) is 71.2 cm³/mol. The molecular formula is C14H19FN2O2. The minimum atomic E-state index is -0.582. The molecule has 3 N–H and O–H groups in total. The van der Waals surface area contributed by atoms with Gasteiger partial charge in [-0.05, 0) is 31.0 Å². The zero-order valence-electron chi connectivity index (χ0n) is 10.8. The molecule has 0 aromatic heterocycles. The Bertz CT molecular complexity index is 459. The molecule has 1 aliphatic rings. The van der Waals surface area contributed by atoms with Crippen LogP contribution in [0.4, 0.5) is 10.1 Å². The highest BCUT2D eigenvalue weighted by atomic mass is 19.1. The molecule has 5 heteroatoms. The molecule has 4 nitrogen and oxygen atoms in total. The van der Waals surface area contributed by atoms with E-state index in [1.807, 2.05) is 0 Å². The molecule has 0 heterocycles. The summed E-state index contributed by atoms with van der Waals surface area (Å²) in [5.74, 6) is -0.818. The molecule has 1 amide bonds. The molecule has 19 heavy (non-hydrogen) atoms. The van der Waals surface area contributed by atoms with Crippen LogP contribution >= 0.6 is 0 Å². The van der Waals surface area contributed by atoms with E-state index in [1.165, 1.54) is 12.1 Å². The first-order chi connectivity index (χ1) is 9.13. The average Bonchev–Trinajstić information content (AvgIpc) is 2.92.